The van der Waals surface area contributed by atoms with Crippen LogP contribution in [0.2, 0.25) is 0 Å². The number of aliphatic hydroxyl groups is 1. The molecule has 5 heteroatoms. The average Bonchev–Trinajstić information content (AvgIpc) is 2.87. The minimum absolute atomic E-state index is 0.261. The Morgan fingerprint density at radius 1 is 1.38 bits per heavy atom. The number of hydrogen-bond acceptors (Lipinski definition) is 4. The van der Waals surface area contributed by atoms with E-state index < -0.39 is 0 Å². The van der Waals surface area contributed by atoms with E-state index in [2.05, 4.69) is 59.5 Å². The zero-order chi connectivity index (χ0) is 17.5. The first-order valence-electron chi connectivity index (χ1n) is 9.27. The van der Waals surface area contributed by atoms with Gasteiger partial charge in [-0.25, -0.2) is 0 Å². The van der Waals surface area contributed by atoms with E-state index in [0.29, 0.717) is 6.04 Å². The van der Waals surface area contributed by atoms with Crippen molar-refractivity contribution >= 4 is 0 Å². The van der Waals surface area contributed by atoms with E-state index in [0.717, 1.165) is 57.8 Å². The summed E-state index contributed by atoms with van der Waals surface area (Å²) in [5.74, 6) is 0. The number of allylic oxidation sites excluding steroid dienone is 1. The second-order valence-corrected chi connectivity index (χ2v) is 7.18. The Labute approximate surface area is 146 Å². The van der Waals surface area contributed by atoms with Crippen molar-refractivity contribution < 1.29 is 5.11 Å². The number of rotatable bonds is 8. The summed E-state index contributed by atoms with van der Waals surface area (Å²) >= 11 is 0. The molecule has 1 fully saturated rings. The fraction of sp³-hybridized carbons (Fsp3) is 0.737. The molecule has 0 radical (unpaired) electrons. The molecule has 136 valence electrons. The Balaban J connectivity index is 1.97. The van der Waals surface area contributed by atoms with Crippen LogP contribution < -0.4 is 0 Å². The van der Waals surface area contributed by atoms with Crippen molar-refractivity contribution in [3.63, 3.8) is 0 Å². The van der Waals surface area contributed by atoms with Crippen LogP contribution >= 0.6 is 0 Å². The highest BCUT2D eigenvalue weighted by atomic mass is 16.3. The van der Waals surface area contributed by atoms with E-state index in [9.17, 15) is 5.11 Å². The minimum Gasteiger partial charge on any atom is -0.396 e. The first-order valence-corrected chi connectivity index (χ1v) is 9.27. The lowest BCUT2D eigenvalue weighted by molar-refractivity contribution is 0.0635. The van der Waals surface area contributed by atoms with Gasteiger partial charge >= 0.3 is 0 Å². The molecule has 0 unspecified atom stereocenters. The minimum atomic E-state index is 0.261. The topological polar surface area (TPSA) is 44.5 Å². The van der Waals surface area contributed by atoms with Crippen molar-refractivity contribution in [1.29, 1.82) is 0 Å². The Bertz CT molecular complexity index is 533. The summed E-state index contributed by atoms with van der Waals surface area (Å²) in [6.45, 7) is 15.0. The zero-order valence-corrected chi connectivity index (χ0v) is 15.8. The maximum Gasteiger partial charge on any atom is 0.0638 e. The van der Waals surface area contributed by atoms with Gasteiger partial charge in [0.25, 0.3) is 0 Å². The molecule has 0 amide bonds. The van der Waals surface area contributed by atoms with Gasteiger partial charge in [0.2, 0.25) is 0 Å². The molecule has 2 rings (SSSR count). The molecule has 24 heavy (non-hydrogen) atoms. The fourth-order valence-electron chi connectivity index (χ4n) is 3.36. The Morgan fingerprint density at radius 3 is 2.83 bits per heavy atom. The number of aliphatic hydroxyl groups excluding tert-OH is 1. The summed E-state index contributed by atoms with van der Waals surface area (Å²) in [6, 6.07) is 0.436. The molecule has 2 heterocycles. The normalized spacial score (nSPS) is 19.6. The molecule has 1 aliphatic heterocycles. The average molecular weight is 335 g/mol. The zero-order valence-electron chi connectivity index (χ0n) is 15.8. The molecule has 1 aliphatic rings. The predicted octanol–water partition coefficient (Wildman–Crippen LogP) is 2.44. The summed E-state index contributed by atoms with van der Waals surface area (Å²) in [7, 11) is 0. The van der Waals surface area contributed by atoms with Crippen molar-refractivity contribution in [2.24, 2.45) is 0 Å². The molecule has 1 saturated heterocycles. The van der Waals surface area contributed by atoms with E-state index in [1.807, 2.05) is 0 Å². The standard InChI is InChI=1S/C19H34N4O/c1-5-8-23-14-18(17(4)20-23)13-21-10-11-22(9-6-16(2)3)19(15-21)7-12-24/h6,14,19,24H,5,7-13,15H2,1-4H3/t19-/m0/s1. The molecule has 0 spiro atoms. The van der Waals surface area contributed by atoms with Gasteiger partial charge in [0.15, 0.2) is 0 Å². The lowest BCUT2D eigenvalue weighted by Gasteiger charge is -2.41. The summed E-state index contributed by atoms with van der Waals surface area (Å²) in [6.07, 6.45) is 6.46. The number of hydrogen-bond donors (Lipinski definition) is 1. The highest BCUT2D eigenvalue weighted by Gasteiger charge is 2.26. The van der Waals surface area contributed by atoms with E-state index in [4.69, 9.17) is 0 Å². The van der Waals surface area contributed by atoms with Crippen LogP contribution in [0.25, 0.3) is 0 Å². The molecule has 0 aliphatic carbocycles. The quantitative estimate of drug-likeness (QED) is 0.742. The molecule has 0 aromatic carbocycles. The monoisotopic (exact) mass is 334 g/mol. The third-order valence-electron chi connectivity index (χ3n) is 4.78. The van der Waals surface area contributed by atoms with Gasteiger partial charge in [0.05, 0.1) is 5.69 Å². The van der Waals surface area contributed by atoms with Crippen molar-refractivity contribution in [2.45, 2.75) is 59.7 Å². The van der Waals surface area contributed by atoms with E-state index >= 15 is 0 Å². The van der Waals surface area contributed by atoms with E-state index in [1.54, 1.807) is 0 Å². The predicted molar refractivity (Wildman–Crippen MR) is 99.0 cm³/mol. The maximum atomic E-state index is 9.42. The van der Waals surface area contributed by atoms with Gasteiger partial charge in [-0.15, -0.1) is 0 Å². The number of nitrogens with zero attached hydrogens (tertiary/aromatic N) is 4. The lowest BCUT2D eigenvalue weighted by Crippen LogP contribution is -2.53. The number of aromatic nitrogens is 2. The summed E-state index contributed by atoms with van der Waals surface area (Å²) in [4.78, 5) is 5.02. The van der Waals surface area contributed by atoms with Crippen molar-refractivity contribution in [2.75, 3.05) is 32.8 Å². The summed E-state index contributed by atoms with van der Waals surface area (Å²) in [5, 5.41) is 14.0. The van der Waals surface area contributed by atoms with Gasteiger partial charge in [0.1, 0.15) is 0 Å². The van der Waals surface area contributed by atoms with Crippen LogP contribution in [0.5, 0.6) is 0 Å². The molecule has 1 atom stereocenters. The lowest BCUT2D eigenvalue weighted by atomic mass is 10.1. The first kappa shape index (κ1) is 19.2. The Morgan fingerprint density at radius 2 is 2.17 bits per heavy atom. The van der Waals surface area contributed by atoms with E-state index in [-0.39, 0.29) is 6.61 Å². The summed E-state index contributed by atoms with van der Waals surface area (Å²) in [5.41, 5.74) is 3.84. The van der Waals surface area contributed by atoms with Crippen LogP contribution in [-0.4, -0.2) is 63.5 Å². The molecule has 1 N–H and O–H groups in total. The van der Waals surface area contributed by atoms with Gasteiger partial charge in [0, 0.05) is 63.7 Å². The van der Waals surface area contributed by atoms with Crippen LogP contribution in [0, 0.1) is 6.92 Å². The fourth-order valence-corrected chi connectivity index (χ4v) is 3.36. The second-order valence-electron chi connectivity index (χ2n) is 7.18. The Hall–Kier alpha value is -1.17. The van der Waals surface area contributed by atoms with Crippen LogP contribution in [-0.2, 0) is 13.1 Å². The first-order chi connectivity index (χ1) is 11.5. The van der Waals surface area contributed by atoms with Gasteiger partial charge < -0.3 is 5.11 Å². The largest absolute Gasteiger partial charge is 0.396 e. The second kappa shape index (κ2) is 9.35. The molecule has 1 aromatic rings. The molecular weight excluding hydrogens is 300 g/mol. The maximum absolute atomic E-state index is 9.42. The number of piperazine rings is 1. The Kier molecular flexibility index (Phi) is 7.46. The molecule has 0 saturated carbocycles. The van der Waals surface area contributed by atoms with Gasteiger partial charge in [-0.3, -0.25) is 14.5 Å². The molecule has 0 bridgehead atoms. The third-order valence-corrected chi connectivity index (χ3v) is 4.78. The highest BCUT2D eigenvalue weighted by Crippen LogP contribution is 2.17. The van der Waals surface area contributed by atoms with Crippen molar-refractivity contribution in [3.8, 4) is 0 Å². The van der Waals surface area contributed by atoms with Gasteiger partial charge in [-0.05, 0) is 33.6 Å². The molecular formula is C19H34N4O. The van der Waals surface area contributed by atoms with Crippen molar-refractivity contribution in [1.82, 2.24) is 19.6 Å². The van der Waals surface area contributed by atoms with E-state index in [1.165, 1.54) is 11.1 Å². The number of aryl methyl sites for hydroxylation is 2. The van der Waals surface area contributed by atoms with Crippen LogP contribution in [0.15, 0.2) is 17.8 Å². The van der Waals surface area contributed by atoms with Crippen molar-refractivity contribution in [3.05, 3.63) is 29.1 Å². The highest BCUT2D eigenvalue weighted by molar-refractivity contribution is 5.15. The van der Waals surface area contributed by atoms with Crippen LogP contribution in [0.4, 0.5) is 0 Å². The molecule has 5 nitrogen and oxygen atoms in total. The van der Waals surface area contributed by atoms with Gasteiger partial charge in [-0.2, -0.15) is 5.10 Å². The summed E-state index contributed by atoms with van der Waals surface area (Å²) < 4.78 is 2.07. The smallest absolute Gasteiger partial charge is 0.0638 e. The van der Waals surface area contributed by atoms with Crippen LogP contribution in [0.3, 0.4) is 0 Å². The van der Waals surface area contributed by atoms with Crippen LogP contribution in [0.1, 0.15) is 44.9 Å². The van der Waals surface area contributed by atoms with Gasteiger partial charge in [-0.1, -0.05) is 18.6 Å². The third kappa shape index (κ3) is 5.43. The molecule has 1 aromatic heterocycles. The SMILES string of the molecule is CCCn1cc(CN2CCN(CC=C(C)C)[C@@H](CCO)C2)c(C)n1.